The number of hydrogen-bond acceptors (Lipinski definition) is 4. The predicted octanol–water partition coefficient (Wildman–Crippen LogP) is 2.75. The normalized spacial score (nSPS) is 19.2. The number of rotatable bonds is 5. The lowest BCUT2D eigenvalue weighted by Crippen LogP contribution is -2.44. The number of nitrogens with zero attached hydrogens (tertiary/aromatic N) is 3. The third-order valence-electron chi connectivity index (χ3n) is 5.87. The summed E-state index contributed by atoms with van der Waals surface area (Å²) in [6, 6.07) is 3.97. The van der Waals surface area contributed by atoms with Crippen LogP contribution in [-0.4, -0.2) is 51.2 Å². The van der Waals surface area contributed by atoms with Gasteiger partial charge in [0.2, 0.25) is 11.8 Å². The van der Waals surface area contributed by atoms with E-state index in [-0.39, 0.29) is 17.2 Å². The number of hydrogen-bond donors (Lipinski definition) is 1. The highest BCUT2D eigenvalue weighted by Crippen LogP contribution is 2.41. The SMILES string of the molecule is Cc1nc(CN2CC3(CCN(C(=O)CCc4ccc[nH]4)CC3)CC2=O)cs1. The maximum Gasteiger partial charge on any atom is 0.223 e. The Morgan fingerprint density at radius 1 is 1.37 bits per heavy atom. The Morgan fingerprint density at radius 2 is 2.19 bits per heavy atom. The van der Waals surface area contributed by atoms with Crippen molar-refractivity contribution in [3.8, 4) is 0 Å². The van der Waals surface area contributed by atoms with Gasteiger partial charge in [0.15, 0.2) is 0 Å². The second-order valence-corrected chi connectivity index (χ2v) is 8.92. The summed E-state index contributed by atoms with van der Waals surface area (Å²) in [5.41, 5.74) is 2.13. The maximum atomic E-state index is 12.5. The third kappa shape index (κ3) is 4.08. The molecule has 2 aromatic heterocycles. The van der Waals surface area contributed by atoms with Crippen LogP contribution in [0.3, 0.4) is 0 Å². The molecule has 0 bridgehead atoms. The molecular formula is C20H26N4O2S. The van der Waals surface area contributed by atoms with Gasteiger partial charge in [-0.15, -0.1) is 11.3 Å². The van der Waals surface area contributed by atoms with Crippen LogP contribution < -0.4 is 0 Å². The van der Waals surface area contributed by atoms with Crippen molar-refractivity contribution < 1.29 is 9.59 Å². The first-order chi connectivity index (χ1) is 13.0. The number of aryl methyl sites for hydroxylation is 2. The minimum atomic E-state index is 0.0401. The summed E-state index contributed by atoms with van der Waals surface area (Å²) in [6.45, 7) is 4.93. The molecular weight excluding hydrogens is 360 g/mol. The molecule has 2 aromatic rings. The first kappa shape index (κ1) is 18.2. The second-order valence-electron chi connectivity index (χ2n) is 7.86. The second kappa shape index (κ2) is 7.46. The fourth-order valence-electron chi connectivity index (χ4n) is 4.29. The van der Waals surface area contributed by atoms with E-state index < -0.39 is 0 Å². The number of aromatic amines is 1. The van der Waals surface area contributed by atoms with Gasteiger partial charge in [-0.1, -0.05) is 0 Å². The zero-order valence-corrected chi connectivity index (χ0v) is 16.6. The monoisotopic (exact) mass is 386 g/mol. The molecule has 4 heterocycles. The topological polar surface area (TPSA) is 69.3 Å². The molecule has 2 amide bonds. The zero-order valence-electron chi connectivity index (χ0n) is 15.7. The Balaban J connectivity index is 1.29. The van der Waals surface area contributed by atoms with Crippen LogP contribution in [0.25, 0.3) is 0 Å². The van der Waals surface area contributed by atoms with Gasteiger partial charge in [0, 0.05) is 55.2 Å². The van der Waals surface area contributed by atoms with Crippen molar-refractivity contribution in [3.63, 3.8) is 0 Å². The number of carbonyl (C=O) groups is 2. The van der Waals surface area contributed by atoms with E-state index in [2.05, 4.69) is 9.97 Å². The smallest absolute Gasteiger partial charge is 0.223 e. The van der Waals surface area contributed by atoms with E-state index in [1.165, 1.54) is 0 Å². The van der Waals surface area contributed by atoms with Crippen molar-refractivity contribution in [3.05, 3.63) is 40.1 Å². The number of likely N-dealkylation sites (tertiary alicyclic amines) is 2. The molecule has 0 aliphatic carbocycles. The van der Waals surface area contributed by atoms with Crippen LogP contribution >= 0.6 is 11.3 Å². The number of carbonyl (C=O) groups excluding carboxylic acids is 2. The van der Waals surface area contributed by atoms with Gasteiger partial charge in [0.05, 0.1) is 17.2 Å². The minimum absolute atomic E-state index is 0.0401. The molecule has 144 valence electrons. The molecule has 2 fully saturated rings. The van der Waals surface area contributed by atoms with E-state index in [4.69, 9.17) is 0 Å². The van der Waals surface area contributed by atoms with Gasteiger partial charge in [-0.25, -0.2) is 4.98 Å². The van der Waals surface area contributed by atoms with Crippen LogP contribution in [-0.2, 0) is 22.6 Å². The fraction of sp³-hybridized carbons (Fsp3) is 0.550. The summed E-state index contributed by atoms with van der Waals surface area (Å²) < 4.78 is 0. The Bertz CT molecular complexity index is 806. The van der Waals surface area contributed by atoms with Crippen molar-refractivity contribution in [2.75, 3.05) is 19.6 Å². The van der Waals surface area contributed by atoms with E-state index in [1.807, 2.05) is 40.4 Å². The molecule has 0 radical (unpaired) electrons. The van der Waals surface area contributed by atoms with Gasteiger partial charge in [-0.3, -0.25) is 9.59 Å². The maximum absolute atomic E-state index is 12.5. The van der Waals surface area contributed by atoms with E-state index in [9.17, 15) is 9.59 Å². The van der Waals surface area contributed by atoms with Crippen LogP contribution in [0.4, 0.5) is 0 Å². The Morgan fingerprint density at radius 3 is 2.85 bits per heavy atom. The number of piperidine rings is 1. The summed E-state index contributed by atoms with van der Waals surface area (Å²) in [6.07, 6.45) is 5.63. The van der Waals surface area contributed by atoms with Crippen LogP contribution in [0.15, 0.2) is 23.7 Å². The number of amides is 2. The van der Waals surface area contributed by atoms with Crippen LogP contribution in [0, 0.1) is 12.3 Å². The van der Waals surface area contributed by atoms with Gasteiger partial charge < -0.3 is 14.8 Å². The average molecular weight is 387 g/mol. The molecule has 0 atom stereocenters. The van der Waals surface area contributed by atoms with Gasteiger partial charge in [0.25, 0.3) is 0 Å². The molecule has 0 saturated carbocycles. The highest BCUT2D eigenvalue weighted by atomic mass is 32.1. The molecule has 1 spiro atoms. The Hall–Kier alpha value is -2.15. The number of H-pyrrole nitrogens is 1. The quantitative estimate of drug-likeness (QED) is 0.859. The largest absolute Gasteiger partial charge is 0.365 e. The molecule has 2 saturated heterocycles. The summed E-state index contributed by atoms with van der Waals surface area (Å²) in [4.78, 5) is 36.6. The van der Waals surface area contributed by atoms with Crippen molar-refractivity contribution in [2.45, 2.75) is 45.6 Å². The lowest BCUT2D eigenvalue weighted by atomic mass is 9.77. The third-order valence-corrected chi connectivity index (χ3v) is 6.69. The highest BCUT2D eigenvalue weighted by Gasteiger charge is 2.45. The highest BCUT2D eigenvalue weighted by molar-refractivity contribution is 7.09. The first-order valence-corrected chi connectivity index (χ1v) is 10.5. The molecule has 27 heavy (non-hydrogen) atoms. The Kier molecular flexibility index (Phi) is 5.04. The van der Waals surface area contributed by atoms with Gasteiger partial charge in [0.1, 0.15) is 0 Å². The number of thiazole rings is 1. The average Bonchev–Trinajstić information content (AvgIpc) is 3.37. The molecule has 6 nitrogen and oxygen atoms in total. The predicted molar refractivity (Wildman–Crippen MR) is 104 cm³/mol. The summed E-state index contributed by atoms with van der Waals surface area (Å²) in [5, 5.41) is 3.08. The van der Waals surface area contributed by atoms with E-state index in [1.54, 1.807) is 11.3 Å². The fourth-order valence-corrected chi connectivity index (χ4v) is 4.89. The van der Waals surface area contributed by atoms with Crippen LogP contribution in [0.2, 0.25) is 0 Å². The summed E-state index contributed by atoms with van der Waals surface area (Å²) in [5.74, 6) is 0.450. The van der Waals surface area contributed by atoms with Crippen molar-refractivity contribution in [1.82, 2.24) is 19.8 Å². The van der Waals surface area contributed by atoms with Crippen LogP contribution in [0.5, 0.6) is 0 Å². The molecule has 0 aromatic carbocycles. The molecule has 2 aliphatic rings. The van der Waals surface area contributed by atoms with Crippen molar-refractivity contribution >= 4 is 23.2 Å². The summed E-state index contributed by atoms with van der Waals surface area (Å²) in [7, 11) is 0. The van der Waals surface area contributed by atoms with Crippen LogP contribution in [0.1, 0.15) is 42.1 Å². The molecule has 4 rings (SSSR count). The lowest BCUT2D eigenvalue weighted by molar-refractivity contribution is -0.133. The lowest BCUT2D eigenvalue weighted by Gasteiger charge is -2.38. The number of nitrogens with one attached hydrogen (secondary N) is 1. The standard InChI is InChI=1S/C20H26N4O2S/c1-15-22-17(13-27-15)12-24-14-20(11-19(24)26)6-9-23(10-7-20)18(25)5-4-16-3-2-8-21-16/h2-3,8,13,21H,4-7,9-12,14H2,1H3. The Labute approximate surface area is 163 Å². The van der Waals surface area contributed by atoms with Gasteiger partial charge >= 0.3 is 0 Å². The molecule has 2 aliphatic heterocycles. The summed E-state index contributed by atoms with van der Waals surface area (Å²) >= 11 is 1.63. The first-order valence-electron chi connectivity index (χ1n) is 9.62. The number of aromatic nitrogens is 2. The van der Waals surface area contributed by atoms with Crippen molar-refractivity contribution in [1.29, 1.82) is 0 Å². The minimum Gasteiger partial charge on any atom is -0.365 e. The van der Waals surface area contributed by atoms with E-state index in [0.29, 0.717) is 19.4 Å². The van der Waals surface area contributed by atoms with E-state index in [0.717, 1.165) is 55.3 Å². The van der Waals surface area contributed by atoms with Gasteiger partial charge in [-0.2, -0.15) is 0 Å². The molecule has 1 N–H and O–H groups in total. The zero-order chi connectivity index (χ0) is 18.9. The van der Waals surface area contributed by atoms with Gasteiger partial charge in [-0.05, 0) is 38.3 Å². The van der Waals surface area contributed by atoms with Crippen molar-refractivity contribution in [2.24, 2.45) is 5.41 Å². The molecule has 0 unspecified atom stereocenters. The molecule has 7 heteroatoms. The van der Waals surface area contributed by atoms with E-state index >= 15 is 0 Å².